The van der Waals surface area contributed by atoms with Crippen molar-refractivity contribution < 1.29 is 8.78 Å². The highest BCUT2D eigenvalue weighted by atomic mass is 19.1. The molecule has 17 heavy (non-hydrogen) atoms. The fraction of sp³-hybridized carbons (Fsp3) is 0.273. The fourth-order valence-corrected chi connectivity index (χ4v) is 1.79. The standard InChI is InChI=1S/C11H12F2N4/c1-14-11(10-6-15-16-17(10)2)7-3-8(12)5-9(13)4-7/h3-6,11,14H,1-2H3. The van der Waals surface area contributed by atoms with Gasteiger partial charge in [0.15, 0.2) is 0 Å². The van der Waals surface area contributed by atoms with Crippen molar-refractivity contribution in [3.05, 3.63) is 47.3 Å². The van der Waals surface area contributed by atoms with Gasteiger partial charge < -0.3 is 5.32 Å². The number of aryl methyl sites for hydroxylation is 1. The zero-order chi connectivity index (χ0) is 12.4. The summed E-state index contributed by atoms with van der Waals surface area (Å²) in [7, 11) is 3.43. The van der Waals surface area contributed by atoms with Crippen LogP contribution in [0.15, 0.2) is 24.4 Å². The maximum Gasteiger partial charge on any atom is 0.126 e. The van der Waals surface area contributed by atoms with Crippen LogP contribution < -0.4 is 5.32 Å². The highest BCUT2D eigenvalue weighted by Gasteiger charge is 2.17. The number of halogens is 2. The zero-order valence-corrected chi connectivity index (χ0v) is 9.48. The van der Waals surface area contributed by atoms with E-state index in [2.05, 4.69) is 15.6 Å². The van der Waals surface area contributed by atoms with Gasteiger partial charge in [0.05, 0.1) is 17.9 Å². The van der Waals surface area contributed by atoms with Crippen molar-refractivity contribution in [2.45, 2.75) is 6.04 Å². The van der Waals surface area contributed by atoms with Gasteiger partial charge in [0.2, 0.25) is 0 Å². The second kappa shape index (κ2) is 4.58. The van der Waals surface area contributed by atoms with Gasteiger partial charge in [-0.2, -0.15) is 0 Å². The van der Waals surface area contributed by atoms with Gasteiger partial charge in [-0.15, -0.1) is 5.10 Å². The molecule has 0 fully saturated rings. The van der Waals surface area contributed by atoms with Crippen molar-refractivity contribution in [3.63, 3.8) is 0 Å². The van der Waals surface area contributed by atoms with Crippen molar-refractivity contribution in [1.29, 1.82) is 0 Å². The molecule has 1 atom stereocenters. The van der Waals surface area contributed by atoms with Gasteiger partial charge in [-0.05, 0) is 24.7 Å². The van der Waals surface area contributed by atoms with E-state index < -0.39 is 11.6 Å². The summed E-state index contributed by atoms with van der Waals surface area (Å²) >= 11 is 0. The Bertz CT molecular complexity index is 504. The van der Waals surface area contributed by atoms with Crippen LogP contribution in [0.3, 0.4) is 0 Å². The Kier molecular flexibility index (Phi) is 3.14. The van der Waals surface area contributed by atoms with Crippen LogP contribution in [0.4, 0.5) is 8.78 Å². The Morgan fingerprint density at radius 2 is 1.88 bits per heavy atom. The third-order valence-electron chi connectivity index (χ3n) is 2.55. The number of rotatable bonds is 3. The van der Waals surface area contributed by atoms with Gasteiger partial charge in [0, 0.05) is 13.1 Å². The van der Waals surface area contributed by atoms with Crippen LogP contribution in [0, 0.1) is 11.6 Å². The Hall–Kier alpha value is -1.82. The second-order valence-corrected chi connectivity index (χ2v) is 3.71. The lowest BCUT2D eigenvalue weighted by molar-refractivity contribution is 0.560. The minimum absolute atomic E-state index is 0.347. The average molecular weight is 238 g/mol. The van der Waals surface area contributed by atoms with E-state index >= 15 is 0 Å². The number of nitrogens with zero attached hydrogens (tertiary/aromatic N) is 3. The Morgan fingerprint density at radius 3 is 2.35 bits per heavy atom. The third-order valence-corrected chi connectivity index (χ3v) is 2.55. The monoisotopic (exact) mass is 238 g/mol. The van der Waals surface area contributed by atoms with Crippen LogP contribution in [0.2, 0.25) is 0 Å². The van der Waals surface area contributed by atoms with E-state index in [1.54, 1.807) is 25.0 Å². The predicted octanol–water partition coefficient (Wildman–Crippen LogP) is 1.40. The van der Waals surface area contributed by atoms with Gasteiger partial charge in [-0.1, -0.05) is 5.21 Å². The number of aromatic nitrogens is 3. The van der Waals surface area contributed by atoms with Crippen LogP contribution in [-0.2, 0) is 7.05 Å². The molecule has 1 aromatic carbocycles. The molecule has 0 aliphatic carbocycles. The summed E-state index contributed by atoms with van der Waals surface area (Å²) in [5.74, 6) is -1.20. The first-order chi connectivity index (χ1) is 8.11. The topological polar surface area (TPSA) is 42.7 Å². The molecule has 90 valence electrons. The van der Waals surface area contributed by atoms with Gasteiger partial charge >= 0.3 is 0 Å². The second-order valence-electron chi connectivity index (χ2n) is 3.71. The molecule has 0 spiro atoms. The first kappa shape index (κ1) is 11.7. The summed E-state index contributed by atoms with van der Waals surface area (Å²) < 4.78 is 27.9. The molecule has 0 aliphatic rings. The first-order valence-electron chi connectivity index (χ1n) is 5.09. The fourth-order valence-electron chi connectivity index (χ4n) is 1.79. The maximum absolute atomic E-state index is 13.2. The van der Waals surface area contributed by atoms with Crippen molar-refractivity contribution in [2.75, 3.05) is 7.05 Å². The predicted molar refractivity (Wildman–Crippen MR) is 58.3 cm³/mol. The van der Waals surface area contributed by atoms with Crippen LogP contribution >= 0.6 is 0 Å². The molecule has 6 heteroatoms. The molecule has 1 N–H and O–H groups in total. The lowest BCUT2D eigenvalue weighted by Gasteiger charge is -2.16. The zero-order valence-electron chi connectivity index (χ0n) is 9.48. The van der Waals surface area contributed by atoms with Crippen LogP contribution in [0.25, 0.3) is 0 Å². The maximum atomic E-state index is 13.2. The molecule has 0 saturated heterocycles. The van der Waals surface area contributed by atoms with Crippen molar-refractivity contribution >= 4 is 0 Å². The summed E-state index contributed by atoms with van der Waals surface area (Å²) in [6, 6.07) is 3.08. The minimum atomic E-state index is -0.602. The molecule has 0 amide bonds. The molecule has 0 bridgehead atoms. The Morgan fingerprint density at radius 1 is 1.24 bits per heavy atom. The largest absolute Gasteiger partial charge is 0.308 e. The van der Waals surface area contributed by atoms with Gasteiger partial charge in [0.25, 0.3) is 0 Å². The number of nitrogens with one attached hydrogen (secondary N) is 1. The lowest BCUT2D eigenvalue weighted by atomic mass is 10.0. The summed E-state index contributed by atoms with van der Waals surface area (Å²) in [5.41, 5.74) is 1.23. The third kappa shape index (κ3) is 2.31. The highest BCUT2D eigenvalue weighted by molar-refractivity contribution is 5.27. The SMILES string of the molecule is CNC(c1cc(F)cc(F)c1)c1cnnn1C. The van der Waals surface area contributed by atoms with Crippen LogP contribution in [-0.4, -0.2) is 22.0 Å². The van der Waals surface area contributed by atoms with Gasteiger partial charge in [0.1, 0.15) is 11.6 Å². The molecule has 1 unspecified atom stereocenters. The van der Waals surface area contributed by atoms with E-state index in [0.29, 0.717) is 5.56 Å². The number of hydrogen-bond donors (Lipinski definition) is 1. The quantitative estimate of drug-likeness (QED) is 0.879. The van der Waals surface area contributed by atoms with E-state index in [-0.39, 0.29) is 6.04 Å². The van der Waals surface area contributed by atoms with E-state index in [1.165, 1.54) is 12.1 Å². The molecule has 1 aromatic heterocycles. The molecule has 0 radical (unpaired) electrons. The number of hydrogen-bond acceptors (Lipinski definition) is 3. The van der Waals surface area contributed by atoms with Gasteiger partial charge in [-0.25, -0.2) is 8.78 Å². The van der Waals surface area contributed by atoms with Crippen LogP contribution in [0.1, 0.15) is 17.3 Å². The molecule has 2 aromatic rings. The molecule has 0 aliphatic heterocycles. The Labute approximate surface area is 97.3 Å². The van der Waals surface area contributed by atoms with E-state index in [1.807, 2.05) is 0 Å². The average Bonchev–Trinajstić information content (AvgIpc) is 2.65. The van der Waals surface area contributed by atoms with Crippen LogP contribution in [0.5, 0.6) is 0 Å². The smallest absolute Gasteiger partial charge is 0.126 e. The van der Waals surface area contributed by atoms with Gasteiger partial charge in [-0.3, -0.25) is 4.68 Å². The minimum Gasteiger partial charge on any atom is -0.308 e. The molecular formula is C11H12F2N4. The normalized spacial score (nSPS) is 12.7. The van der Waals surface area contributed by atoms with E-state index in [4.69, 9.17) is 0 Å². The molecule has 1 heterocycles. The molecular weight excluding hydrogens is 226 g/mol. The first-order valence-corrected chi connectivity index (χ1v) is 5.09. The Balaban J connectivity index is 2.45. The summed E-state index contributed by atoms with van der Waals surface area (Å²) in [6.45, 7) is 0. The lowest BCUT2D eigenvalue weighted by Crippen LogP contribution is -2.20. The highest BCUT2D eigenvalue weighted by Crippen LogP contribution is 2.22. The summed E-state index contributed by atoms with van der Waals surface area (Å²) in [5, 5.41) is 10.5. The van der Waals surface area contributed by atoms with Crippen molar-refractivity contribution in [2.24, 2.45) is 7.05 Å². The van der Waals surface area contributed by atoms with E-state index in [0.717, 1.165) is 11.8 Å². The van der Waals surface area contributed by atoms with Crippen molar-refractivity contribution in [3.8, 4) is 0 Å². The summed E-state index contributed by atoms with van der Waals surface area (Å²) in [4.78, 5) is 0. The number of benzene rings is 1. The molecule has 0 saturated carbocycles. The summed E-state index contributed by atoms with van der Waals surface area (Å²) in [6.07, 6.45) is 1.56. The van der Waals surface area contributed by atoms with Crippen molar-refractivity contribution in [1.82, 2.24) is 20.3 Å². The van der Waals surface area contributed by atoms with E-state index in [9.17, 15) is 8.78 Å². The molecule has 2 rings (SSSR count). The molecule has 4 nitrogen and oxygen atoms in total.